The van der Waals surface area contributed by atoms with Crippen molar-refractivity contribution in [2.45, 2.75) is 32.7 Å². The van der Waals surface area contributed by atoms with E-state index in [9.17, 15) is 0 Å². The van der Waals surface area contributed by atoms with Crippen LogP contribution in [0.5, 0.6) is 5.75 Å². The van der Waals surface area contributed by atoms with E-state index in [-0.39, 0.29) is 6.04 Å². The summed E-state index contributed by atoms with van der Waals surface area (Å²) in [5.74, 6) is 0.869. The highest BCUT2D eigenvalue weighted by atomic mass is 79.9. The van der Waals surface area contributed by atoms with Crippen LogP contribution in [-0.4, -0.2) is 13.7 Å². The topological polar surface area (TPSA) is 21.3 Å². The molecule has 17 heavy (non-hydrogen) atoms. The molecule has 0 aromatic heterocycles. The number of hydrogen-bond acceptors (Lipinski definition) is 2. The Bertz CT molecular complexity index is 365. The van der Waals surface area contributed by atoms with Gasteiger partial charge >= 0.3 is 0 Å². The summed E-state index contributed by atoms with van der Waals surface area (Å²) < 4.78 is 6.36. The van der Waals surface area contributed by atoms with Crippen molar-refractivity contribution in [3.05, 3.63) is 27.2 Å². The van der Waals surface area contributed by atoms with Crippen molar-refractivity contribution in [3.8, 4) is 5.75 Å². The quantitative estimate of drug-likeness (QED) is 0.829. The first kappa shape index (κ1) is 14.8. The molecule has 2 nitrogen and oxygen atoms in total. The molecule has 1 rings (SSSR count). The number of ether oxygens (including phenoxy) is 1. The van der Waals surface area contributed by atoms with E-state index in [0.717, 1.165) is 40.2 Å². The minimum absolute atomic E-state index is 0.287. The van der Waals surface area contributed by atoms with E-state index in [1.54, 1.807) is 7.11 Å². The van der Waals surface area contributed by atoms with Crippen LogP contribution in [-0.2, 0) is 0 Å². The summed E-state index contributed by atoms with van der Waals surface area (Å²) >= 11 is 9.60. The van der Waals surface area contributed by atoms with Crippen molar-refractivity contribution >= 4 is 27.5 Å². The Morgan fingerprint density at radius 1 is 1.41 bits per heavy atom. The van der Waals surface area contributed by atoms with E-state index in [2.05, 4.69) is 35.1 Å². The molecule has 0 radical (unpaired) electrons. The highest BCUT2D eigenvalue weighted by molar-refractivity contribution is 9.10. The molecule has 0 saturated heterocycles. The summed E-state index contributed by atoms with van der Waals surface area (Å²) in [6.45, 7) is 5.21. The number of rotatable bonds is 6. The first-order valence-corrected chi connectivity index (χ1v) is 7.07. The molecule has 0 aliphatic rings. The molecule has 4 heteroatoms. The summed E-state index contributed by atoms with van der Waals surface area (Å²) in [6.07, 6.45) is 2.18. The maximum atomic E-state index is 6.11. The van der Waals surface area contributed by atoms with Crippen LogP contribution in [0, 0.1) is 0 Å². The highest BCUT2D eigenvalue weighted by Gasteiger charge is 2.17. The van der Waals surface area contributed by atoms with Gasteiger partial charge < -0.3 is 10.1 Å². The molecule has 1 atom stereocenters. The fourth-order valence-electron chi connectivity index (χ4n) is 1.96. The Morgan fingerprint density at radius 2 is 2.12 bits per heavy atom. The van der Waals surface area contributed by atoms with Gasteiger partial charge in [0.25, 0.3) is 0 Å². The van der Waals surface area contributed by atoms with Gasteiger partial charge in [0, 0.05) is 16.6 Å². The monoisotopic (exact) mass is 319 g/mol. The van der Waals surface area contributed by atoms with E-state index < -0.39 is 0 Å². The van der Waals surface area contributed by atoms with Crippen LogP contribution in [0.4, 0.5) is 0 Å². The van der Waals surface area contributed by atoms with Gasteiger partial charge in [0.05, 0.1) is 11.6 Å². The SMILES string of the molecule is CCCC(NCC)c1cc(Cl)cc(Br)c1OC. The second kappa shape index (κ2) is 7.24. The van der Waals surface area contributed by atoms with Gasteiger partial charge in [-0.3, -0.25) is 0 Å². The molecule has 0 amide bonds. The lowest BCUT2D eigenvalue weighted by molar-refractivity contribution is 0.393. The van der Waals surface area contributed by atoms with E-state index in [1.165, 1.54) is 0 Å². The maximum absolute atomic E-state index is 6.11. The van der Waals surface area contributed by atoms with Gasteiger partial charge in [-0.15, -0.1) is 0 Å². The molecule has 0 heterocycles. The van der Waals surface area contributed by atoms with Crippen LogP contribution < -0.4 is 10.1 Å². The van der Waals surface area contributed by atoms with Gasteiger partial charge in [0.2, 0.25) is 0 Å². The molecular weight excluding hydrogens is 302 g/mol. The minimum atomic E-state index is 0.287. The molecule has 1 unspecified atom stereocenters. The average Bonchev–Trinajstić information content (AvgIpc) is 2.28. The van der Waals surface area contributed by atoms with Crippen molar-refractivity contribution in [2.75, 3.05) is 13.7 Å². The number of methoxy groups -OCH3 is 1. The van der Waals surface area contributed by atoms with Crippen LogP contribution in [0.25, 0.3) is 0 Å². The smallest absolute Gasteiger partial charge is 0.137 e. The van der Waals surface area contributed by atoms with E-state index in [0.29, 0.717) is 0 Å². The van der Waals surface area contributed by atoms with Crippen molar-refractivity contribution in [1.29, 1.82) is 0 Å². The van der Waals surface area contributed by atoms with Crippen LogP contribution >= 0.6 is 27.5 Å². The molecule has 96 valence electrons. The summed E-state index contributed by atoms with van der Waals surface area (Å²) in [7, 11) is 1.69. The van der Waals surface area contributed by atoms with Crippen LogP contribution in [0.2, 0.25) is 5.02 Å². The molecule has 1 aromatic rings. The Hall–Kier alpha value is -0.250. The second-order valence-electron chi connectivity index (χ2n) is 3.91. The molecule has 0 spiro atoms. The van der Waals surface area contributed by atoms with E-state index >= 15 is 0 Å². The lowest BCUT2D eigenvalue weighted by Gasteiger charge is -2.21. The summed E-state index contributed by atoms with van der Waals surface area (Å²) in [5.41, 5.74) is 1.12. The third-order valence-electron chi connectivity index (χ3n) is 2.64. The predicted octanol–water partition coefficient (Wildman–Crippen LogP) is 4.56. The number of nitrogens with one attached hydrogen (secondary N) is 1. The molecule has 1 aromatic carbocycles. The van der Waals surface area contributed by atoms with Gasteiger partial charge in [-0.25, -0.2) is 0 Å². The predicted molar refractivity (Wildman–Crippen MR) is 77.0 cm³/mol. The Balaban J connectivity index is 3.15. The Morgan fingerprint density at radius 3 is 2.65 bits per heavy atom. The van der Waals surface area contributed by atoms with Crippen molar-refractivity contribution in [2.24, 2.45) is 0 Å². The number of benzene rings is 1. The first-order chi connectivity index (χ1) is 8.13. The molecule has 0 bridgehead atoms. The van der Waals surface area contributed by atoms with Gasteiger partial charge in [-0.2, -0.15) is 0 Å². The highest BCUT2D eigenvalue weighted by Crippen LogP contribution is 2.37. The first-order valence-electron chi connectivity index (χ1n) is 5.90. The number of hydrogen-bond donors (Lipinski definition) is 1. The maximum Gasteiger partial charge on any atom is 0.137 e. The van der Waals surface area contributed by atoms with Gasteiger partial charge in [0.15, 0.2) is 0 Å². The van der Waals surface area contributed by atoms with Crippen LogP contribution in [0.1, 0.15) is 38.3 Å². The standard InChI is InChI=1S/C13H19BrClNO/c1-4-6-12(16-5-2)10-7-9(15)8-11(14)13(10)17-3/h7-8,12,16H,4-6H2,1-3H3. The second-order valence-corrected chi connectivity index (χ2v) is 5.20. The fourth-order valence-corrected chi connectivity index (χ4v) is 2.95. The minimum Gasteiger partial charge on any atom is -0.495 e. The summed E-state index contributed by atoms with van der Waals surface area (Å²) in [6, 6.07) is 4.13. The Kier molecular flexibility index (Phi) is 6.31. The molecule has 0 fully saturated rings. The zero-order valence-electron chi connectivity index (χ0n) is 10.5. The number of halogens is 2. The molecule has 0 aliphatic carbocycles. The molecule has 0 aliphatic heterocycles. The van der Waals surface area contributed by atoms with Crippen molar-refractivity contribution in [1.82, 2.24) is 5.32 Å². The van der Waals surface area contributed by atoms with Crippen LogP contribution in [0.3, 0.4) is 0 Å². The molecular formula is C13H19BrClNO. The third kappa shape index (κ3) is 3.87. The molecule has 1 N–H and O–H groups in total. The third-order valence-corrected chi connectivity index (χ3v) is 3.45. The summed E-state index contributed by atoms with van der Waals surface area (Å²) in [5, 5.41) is 4.20. The van der Waals surface area contributed by atoms with Crippen LogP contribution in [0.15, 0.2) is 16.6 Å². The summed E-state index contributed by atoms with van der Waals surface area (Å²) in [4.78, 5) is 0. The van der Waals surface area contributed by atoms with Gasteiger partial charge in [0.1, 0.15) is 5.75 Å². The average molecular weight is 321 g/mol. The lowest BCUT2D eigenvalue weighted by atomic mass is 10.0. The molecule has 0 saturated carbocycles. The van der Waals surface area contributed by atoms with Crippen molar-refractivity contribution < 1.29 is 4.74 Å². The zero-order valence-corrected chi connectivity index (χ0v) is 12.9. The Labute approximate surface area is 117 Å². The lowest BCUT2D eigenvalue weighted by Crippen LogP contribution is -2.21. The van der Waals surface area contributed by atoms with Gasteiger partial charge in [-0.05, 0) is 41.0 Å². The fraction of sp³-hybridized carbons (Fsp3) is 0.538. The largest absolute Gasteiger partial charge is 0.495 e. The van der Waals surface area contributed by atoms with E-state index in [4.69, 9.17) is 16.3 Å². The van der Waals surface area contributed by atoms with Gasteiger partial charge in [-0.1, -0.05) is 31.9 Å². The van der Waals surface area contributed by atoms with Crippen molar-refractivity contribution in [3.63, 3.8) is 0 Å². The van der Waals surface area contributed by atoms with E-state index in [1.807, 2.05) is 12.1 Å². The normalized spacial score (nSPS) is 12.5. The zero-order chi connectivity index (χ0) is 12.8.